The van der Waals surface area contributed by atoms with E-state index in [4.69, 9.17) is 4.74 Å². The molecule has 2 heterocycles. The summed E-state index contributed by atoms with van der Waals surface area (Å²) in [5.41, 5.74) is 2.64. The van der Waals surface area contributed by atoms with Gasteiger partial charge in [0.25, 0.3) is 0 Å². The Morgan fingerprint density at radius 1 is 1.47 bits per heavy atom. The summed E-state index contributed by atoms with van der Waals surface area (Å²) in [5.74, 6) is -0.815. The van der Waals surface area contributed by atoms with Gasteiger partial charge in [-0.2, -0.15) is 0 Å². The summed E-state index contributed by atoms with van der Waals surface area (Å²) < 4.78 is 5.67. The van der Waals surface area contributed by atoms with Gasteiger partial charge < -0.3 is 9.84 Å². The van der Waals surface area contributed by atoms with Crippen LogP contribution < -0.4 is 0 Å². The van der Waals surface area contributed by atoms with E-state index in [1.54, 1.807) is 6.07 Å². The van der Waals surface area contributed by atoms with Crippen LogP contribution in [0.3, 0.4) is 0 Å². The van der Waals surface area contributed by atoms with Crippen LogP contribution in [0.25, 0.3) is 0 Å². The van der Waals surface area contributed by atoms with Crippen LogP contribution in [0.2, 0.25) is 0 Å². The normalized spacial score (nSPS) is 23.3. The molecule has 4 nitrogen and oxygen atoms in total. The average Bonchev–Trinajstić information content (AvgIpc) is 2.90. The summed E-state index contributed by atoms with van der Waals surface area (Å²) in [4.78, 5) is 13.6. The number of carboxylic acids is 1. The monoisotopic (exact) mass is 261 g/mol. The lowest BCUT2D eigenvalue weighted by molar-refractivity contribution is 0.0665. The zero-order chi connectivity index (χ0) is 13.2. The average molecular weight is 261 g/mol. The van der Waals surface area contributed by atoms with Gasteiger partial charge in [0.1, 0.15) is 0 Å². The summed E-state index contributed by atoms with van der Waals surface area (Å²) in [5, 5.41) is 9.20. The minimum Gasteiger partial charge on any atom is -0.478 e. The first-order chi connectivity index (χ1) is 9.24. The highest BCUT2D eigenvalue weighted by Crippen LogP contribution is 2.24. The Hall–Kier alpha value is -1.39. The predicted molar refractivity (Wildman–Crippen MR) is 71.4 cm³/mol. The SMILES string of the molecule is O=C(O)c1cccc2c1CCN(CC1CCCO1)C2. The van der Waals surface area contributed by atoms with E-state index in [0.717, 1.165) is 56.6 Å². The van der Waals surface area contributed by atoms with Crippen molar-refractivity contribution >= 4 is 5.97 Å². The summed E-state index contributed by atoms with van der Waals surface area (Å²) in [6.07, 6.45) is 3.51. The molecule has 0 radical (unpaired) electrons. The van der Waals surface area contributed by atoms with Crippen LogP contribution in [0, 0.1) is 0 Å². The van der Waals surface area contributed by atoms with Crippen molar-refractivity contribution in [3.63, 3.8) is 0 Å². The summed E-state index contributed by atoms with van der Waals surface area (Å²) >= 11 is 0. The zero-order valence-electron chi connectivity index (χ0n) is 11.0. The molecule has 0 spiro atoms. The maximum absolute atomic E-state index is 11.2. The fourth-order valence-corrected chi connectivity index (χ4v) is 3.10. The molecule has 1 aromatic rings. The Morgan fingerprint density at radius 2 is 2.37 bits per heavy atom. The van der Waals surface area contributed by atoms with E-state index in [1.165, 1.54) is 0 Å². The Kier molecular flexibility index (Phi) is 3.53. The van der Waals surface area contributed by atoms with Gasteiger partial charge in [0, 0.05) is 26.2 Å². The van der Waals surface area contributed by atoms with Crippen LogP contribution in [0.15, 0.2) is 18.2 Å². The lowest BCUT2D eigenvalue weighted by Gasteiger charge is -2.31. The first-order valence-corrected chi connectivity index (χ1v) is 6.92. The van der Waals surface area contributed by atoms with E-state index < -0.39 is 5.97 Å². The maximum atomic E-state index is 11.2. The number of rotatable bonds is 3. The van der Waals surface area contributed by atoms with E-state index in [2.05, 4.69) is 4.90 Å². The van der Waals surface area contributed by atoms with Crippen molar-refractivity contribution in [1.29, 1.82) is 0 Å². The first-order valence-electron chi connectivity index (χ1n) is 6.92. The number of aromatic carboxylic acids is 1. The molecule has 102 valence electrons. The molecule has 1 aromatic carbocycles. The Morgan fingerprint density at radius 3 is 3.11 bits per heavy atom. The molecule has 0 saturated carbocycles. The molecule has 1 unspecified atom stereocenters. The number of nitrogens with zero attached hydrogens (tertiary/aromatic N) is 1. The molecule has 0 aromatic heterocycles. The third kappa shape index (κ3) is 2.65. The van der Waals surface area contributed by atoms with Crippen molar-refractivity contribution < 1.29 is 14.6 Å². The summed E-state index contributed by atoms with van der Waals surface area (Å²) in [6, 6.07) is 5.60. The van der Waals surface area contributed by atoms with Crippen LogP contribution in [0.4, 0.5) is 0 Å². The molecule has 4 heteroatoms. The highest BCUT2D eigenvalue weighted by molar-refractivity contribution is 5.89. The molecule has 1 fully saturated rings. The molecule has 3 rings (SSSR count). The number of fused-ring (bicyclic) bond motifs is 1. The Bertz CT molecular complexity index is 480. The van der Waals surface area contributed by atoms with E-state index in [-0.39, 0.29) is 0 Å². The second-order valence-electron chi connectivity index (χ2n) is 5.37. The van der Waals surface area contributed by atoms with Crippen molar-refractivity contribution in [2.45, 2.75) is 31.9 Å². The summed E-state index contributed by atoms with van der Waals surface area (Å²) in [6.45, 7) is 3.63. The van der Waals surface area contributed by atoms with E-state index in [1.807, 2.05) is 12.1 Å². The lowest BCUT2D eigenvalue weighted by Crippen LogP contribution is -2.37. The van der Waals surface area contributed by atoms with Gasteiger partial charge in [-0.1, -0.05) is 12.1 Å². The minimum absolute atomic E-state index is 0.365. The van der Waals surface area contributed by atoms with Crippen LogP contribution in [-0.4, -0.2) is 41.8 Å². The van der Waals surface area contributed by atoms with Crippen LogP contribution in [0.1, 0.15) is 34.3 Å². The molecule has 19 heavy (non-hydrogen) atoms. The maximum Gasteiger partial charge on any atom is 0.335 e. The van der Waals surface area contributed by atoms with Gasteiger partial charge in [-0.05, 0) is 36.5 Å². The predicted octanol–water partition coefficient (Wildman–Crippen LogP) is 1.92. The van der Waals surface area contributed by atoms with Gasteiger partial charge in [-0.25, -0.2) is 4.79 Å². The molecule has 1 N–H and O–H groups in total. The summed E-state index contributed by atoms with van der Waals surface area (Å²) in [7, 11) is 0. The quantitative estimate of drug-likeness (QED) is 0.903. The first kappa shape index (κ1) is 12.6. The van der Waals surface area contributed by atoms with E-state index in [0.29, 0.717) is 11.7 Å². The number of benzene rings is 1. The topological polar surface area (TPSA) is 49.8 Å². The molecule has 2 aliphatic heterocycles. The van der Waals surface area contributed by atoms with Gasteiger partial charge in [-0.3, -0.25) is 4.90 Å². The molecule has 0 aliphatic carbocycles. The largest absolute Gasteiger partial charge is 0.478 e. The van der Waals surface area contributed by atoms with E-state index >= 15 is 0 Å². The highest BCUT2D eigenvalue weighted by Gasteiger charge is 2.24. The molecule has 2 aliphatic rings. The standard InChI is InChI=1S/C15H19NO3/c17-15(18)14-5-1-3-11-9-16(7-6-13(11)14)10-12-4-2-8-19-12/h1,3,5,12H,2,4,6-10H2,(H,17,18). The second kappa shape index (κ2) is 5.31. The number of hydrogen-bond donors (Lipinski definition) is 1. The third-order valence-electron chi connectivity index (χ3n) is 4.06. The molecule has 0 bridgehead atoms. The van der Waals surface area contributed by atoms with Gasteiger partial charge in [0.2, 0.25) is 0 Å². The molecule has 0 amide bonds. The Balaban J connectivity index is 1.73. The Labute approximate surface area is 113 Å². The van der Waals surface area contributed by atoms with Gasteiger partial charge in [0.15, 0.2) is 0 Å². The fraction of sp³-hybridized carbons (Fsp3) is 0.533. The molecule has 1 saturated heterocycles. The lowest BCUT2D eigenvalue weighted by atomic mass is 9.94. The van der Waals surface area contributed by atoms with Crippen LogP contribution in [0.5, 0.6) is 0 Å². The molecular formula is C15H19NO3. The number of carbonyl (C=O) groups is 1. The van der Waals surface area contributed by atoms with Crippen molar-refractivity contribution in [2.75, 3.05) is 19.7 Å². The minimum atomic E-state index is -0.815. The zero-order valence-corrected chi connectivity index (χ0v) is 11.0. The van der Waals surface area contributed by atoms with Gasteiger partial charge >= 0.3 is 5.97 Å². The van der Waals surface area contributed by atoms with E-state index in [9.17, 15) is 9.90 Å². The third-order valence-corrected chi connectivity index (χ3v) is 4.06. The van der Waals surface area contributed by atoms with Crippen LogP contribution in [-0.2, 0) is 17.7 Å². The van der Waals surface area contributed by atoms with Gasteiger partial charge in [-0.15, -0.1) is 0 Å². The number of carboxylic acid groups (broad SMARTS) is 1. The van der Waals surface area contributed by atoms with Crippen molar-refractivity contribution in [1.82, 2.24) is 4.90 Å². The van der Waals surface area contributed by atoms with Gasteiger partial charge in [0.05, 0.1) is 11.7 Å². The van der Waals surface area contributed by atoms with Crippen LogP contribution >= 0.6 is 0 Å². The fourth-order valence-electron chi connectivity index (χ4n) is 3.10. The van der Waals surface area contributed by atoms with Crippen molar-refractivity contribution in [3.8, 4) is 0 Å². The number of hydrogen-bond acceptors (Lipinski definition) is 3. The second-order valence-corrected chi connectivity index (χ2v) is 5.37. The molecule has 1 atom stereocenters. The number of ether oxygens (including phenoxy) is 1. The van der Waals surface area contributed by atoms with Crippen molar-refractivity contribution in [2.24, 2.45) is 0 Å². The molecular weight excluding hydrogens is 242 g/mol. The highest BCUT2D eigenvalue weighted by atomic mass is 16.5. The van der Waals surface area contributed by atoms with Crippen molar-refractivity contribution in [3.05, 3.63) is 34.9 Å². The smallest absolute Gasteiger partial charge is 0.335 e.